The van der Waals surface area contributed by atoms with Crippen molar-refractivity contribution >= 4 is 11.8 Å². The van der Waals surface area contributed by atoms with Crippen LogP contribution in [0, 0.1) is 0 Å². The lowest BCUT2D eigenvalue weighted by Crippen LogP contribution is -2.59. The highest BCUT2D eigenvalue weighted by molar-refractivity contribution is 5.81. The minimum Gasteiger partial charge on any atom is -0.477 e. The zero-order valence-corrected chi connectivity index (χ0v) is 18.1. The van der Waals surface area contributed by atoms with E-state index in [1.54, 1.807) is 6.20 Å². The summed E-state index contributed by atoms with van der Waals surface area (Å²) in [4.78, 5) is 15.7. The summed E-state index contributed by atoms with van der Waals surface area (Å²) in [6.07, 6.45) is 23.9. The number of amidine groups is 1. The van der Waals surface area contributed by atoms with Crippen molar-refractivity contribution in [2.45, 2.75) is 103 Å². The van der Waals surface area contributed by atoms with E-state index in [1.807, 2.05) is 13.1 Å². The number of carbonyl (C=O) groups is 1. The minimum absolute atomic E-state index is 0.0298. The van der Waals surface area contributed by atoms with Gasteiger partial charge in [0.05, 0.1) is 6.20 Å². The van der Waals surface area contributed by atoms with Gasteiger partial charge in [-0.25, -0.2) is 14.3 Å². The van der Waals surface area contributed by atoms with E-state index in [1.165, 1.54) is 64.2 Å². The molecule has 1 heterocycles. The molecule has 28 heavy (non-hydrogen) atoms. The molecule has 1 rings (SSSR count). The van der Waals surface area contributed by atoms with Crippen LogP contribution in [-0.4, -0.2) is 34.1 Å². The van der Waals surface area contributed by atoms with Crippen LogP contribution < -0.4 is 5.73 Å². The third-order valence-corrected chi connectivity index (χ3v) is 5.57. The maximum atomic E-state index is 11.2. The lowest BCUT2D eigenvalue weighted by atomic mass is 10.1. The first kappa shape index (κ1) is 24.6. The maximum absolute atomic E-state index is 11.2. The number of allylic oxidation sites excluding steroid dienone is 2. The summed E-state index contributed by atoms with van der Waals surface area (Å²) in [7, 11) is 0. The van der Waals surface area contributed by atoms with Gasteiger partial charge in [0.2, 0.25) is 5.84 Å². The summed E-state index contributed by atoms with van der Waals surface area (Å²) in [6, 6.07) is 0. The van der Waals surface area contributed by atoms with E-state index >= 15 is 0 Å². The highest BCUT2D eigenvalue weighted by Gasteiger charge is 2.40. The van der Waals surface area contributed by atoms with Crippen LogP contribution in [0.25, 0.3) is 0 Å². The number of nitrogens with two attached hydrogens (primary N) is 1. The number of aliphatic imine (C=N–C) groups is 1. The fourth-order valence-corrected chi connectivity index (χ4v) is 3.76. The van der Waals surface area contributed by atoms with Crippen LogP contribution in [0.1, 0.15) is 97.3 Å². The Morgan fingerprint density at radius 3 is 2.21 bits per heavy atom. The van der Waals surface area contributed by atoms with Crippen LogP contribution >= 0.6 is 0 Å². The molecule has 1 aliphatic rings. The van der Waals surface area contributed by atoms with Gasteiger partial charge < -0.3 is 5.11 Å². The fourth-order valence-electron chi connectivity index (χ4n) is 3.76. The molecule has 160 valence electrons. The second kappa shape index (κ2) is 14.5. The SMILES string of the molecule is CCCCCCC/C=C/CCCCCCCC1=NC=C[N+]1(CC(=O)O)C(C)N. The molecular weight excluding hydrogens is 350 g/mol. The van der Waals surface area contributed by atoms with Crippen LogP contribution in [0.5, 0.6) is 0 Å². The highest BCUT2D eigenvalue weighted by Crippen LogP contribution is 2.23. The predicted molar refractivity (Wildman–Crippen MR) is 118 cm³/mol. The smallest absolute Gasteiger partial charge is 0.360 e. The second-order valence-electron chi connectivity index (χ2n) is 8.05. The van der Waals surface area contributed by atoms with Gasteiger partial charge in [0, 0.05) is 13.3 Å². The van der Waals surface area contributed by atoms with E-state index in [-0.39, 0.29) is 17.2 Å². The number of nitrogens with zero attached hydrogens (tertiary/aromatic N) is 2. The summed E-state index contributed by atoms with van der Waals surface area (Å²) >= 11 is 0. The van der Waals surface area contributed by atoms with Crippen LogP contribution in [0.15, 0.2) is 29.5 Å². The number of carboxylic acid groups (broad SMARTS) is 1. The standard InChI is InChI=1S/C23H41N3O2/c1-3-4-5-6-7-8-9-10-11-12-13-14-15-16-17-22-25-18-19-26(22,21(2)24)20-23(27)28/h9-10,18-19,21H,3-8,11-17,20,24H2,1-2H3/p+1/b10-9+. The van der Waals surface area contributed by atoms with Gasteiger partial charge >= 0.3 is 5.97 Å². The Morgan fingerprint density at radius 2 is 1.64 bits per heavy atom. The van der Waals surface area contributed by atoms with E-state index in [9.17, 15) is 9.90 Å². The third-order valence-electron chi connectivity index (χ3n) is 5.57. The van der Waals surface area contributed by atoms with Crippen molar-refractivity contribution in [3.05, 3.63) is 24.6 Å². The van der Waals surface area contributed by atoms with Gasteiger partial charge in [-0.3, -0.25) is 5.73 Å². The van der Waals surface area contributed by atoms with Gasteiger partial charge in [0.1, 0.15) is 12.4 Å². The maximum Gasteiger partial charge on any atom is 0.360 e. The van der Waals surface area contributed by atoms with Crippen LogP contribution in [-0.2, 0) is 4.79 Å². The zero-order chi connectivity index (χ0) is 20.7. The van der Waals surface area contributed by atoms with E-state index < -0.39 is 5.97 Å². The first-order chi connectivity index (χ1) is 13.5. The Kier molecular flexibility index (Phi) is 12.8. The number of carboxylic acids is 1. The summed E-state index contributed by atoms with van der Waals surface area (Å²) in [5.41, 5.74) is 6.09. The lowest BCUT2D eigenvalue weighted by molar-refractivity contribution is -0.805. The molecule has 0 spiro atoms. The quantitative estimate of drug-likeness (QED) is 0.189. The van der Waals surface area contributed by atoms with Gasteiger partial charge in [-0.05, 0) is 32.1 Å². The van der Waals surface area contributed by atoms with Gasteiger partial charge in [0.15, 0.2) is 6.54 Å². The molecular formula is C23H42N3O2+. The summed E-state index contributed by atoms with van der Waals surface area (Å²) < 4.78 is 0.165. The van der Waals surface area contributed by atoms with E-state index in [4.69, 9.17) is 5.73 Å². The molecule has 5 nitrogen and oxygen atoms in total. The third kappa shape index (κ3) is 9.16. The molecule has 0 amide bonds. The van der Waals surface area contributed by atoms with Crippen molar-refractivity contribution in [2.24, 2.45) is 10.7 Å². The van der Waals surface area contributed by atoms with Crippen LogP contribution in [0.2, 0.25) is 0 Å². The van der Waals surface area contributed by atoms with Gasteiger partial charge in [-0.15, -0.1) is 0 Å². The Bertz CT molecular complexity index is 526. The highest BCUT2D eigenvalue weighted by atomic mass is 16.4. The molecule has 0 saturated carbocycles. The van der Waals surface area contributed by atoms with Crippen molar-refractivity contribution in [1.29, 1.82) is 0 Å². The molecule has 0 aliphatic carbocycles. The molecule has 0 bridgehead atoms. The summed E-state index contributed by atoms with van der Waals surface area (Å²) in [5.74, 6) is 0.0461. The first-order valence-electron chi connectivity index (χ1n) is 11.3. The summed E-state index contributed by atoms with van der Waals surface area (Å²) in [5, 5.41) is 9.23. The molecule has 0 saturated heterocycles. The van der Waals surface area contributed by atoms with Crippen molar-refractivity contribution < 1.29 is 14.4 Å². The first-order valence-corrected chi connectivity index (χ1v) is 11.3. The lowest BCUT2D eigenvalue weighted by Gasteiger charge is -2.34. The Morgan fingerprint density at radius 1 is 1.07 bits per heavy atom. The van der Waals surface area contributed by atoms with Gasteiger partial charge in [0.25, 0.3) is 0 Å². The Hall–Kier alpha value is -1.46. The van der Waals surface area contributed by atoms with Gasteiger partial charge in [-0.2, -0.15) is 0 Å². The molecule has 2 atom stereocenters. The van der Waals surface area contributed by atoms with Crippen molar-refractivity contribution in [2.75, 3.05) is 6.54 Å². The molecule has 0 fully saturated rings. The number of hydrogen-bond donors (Lipinski definition) is 2. The van der Waals surface area contributed by atoms with Crippen LogP contribution in [0.3, 0.4) is 0 Å². The zero-order valence-electron chi connectivity index (χ0n) is 18.1. The molecule has 2 unspecified atom stereocenters. The topological polar surface area (TPSA) is 75.7 Å². The molecule has 0 aromatic rings. The Labute approximate surface area is 172 Å². The van der Waals surface area contributed by atoms with E-state index in [0.29, 0.717) is 0 Å². The minimum atomic E-state index is -0.842. The van der Waals surface area contributed by atoms with E-state index in [2.05, 4.69) is 24.1 Å². The second-order valence-corrected chi connectivity index (χ2v) is 8.05. The Balaban J connectivity index is 2.09. The summed E-state index contributed by atoms with van der Waals surface area (Å²) in [6.45, 7) is 4.08. The monoisotopic (exact) mass is 392 g/mol. The molecule has 1 aliphatic heterocycles. The van der Waals surface area contributed by atoms with Crippen molar-refractivity contribution in [3.8, 4) is 0 Å². The number of rotatable bonds is 17. The predicted octanol–water partition coefficient (Wildman–Crippen LogP) is 5.72. The number of quaternary nitrogens is 1. The molecule has 5 heteroatoms. The number of aliphatic carboxylic acids is 1. The van der Waals surface area contributed by atoms with E-state index in [0.717, 1.165) is 25.1 Å². The number of hydrogen-bond acceptors (Lipinski definition) is 3. The molecule has 0 aromatic carbocycles. The fraction of sp³-hybridized carbons (Fsp3) is 0.739. The molecule has 3 N–H and O–H groups in total. The molecule has 0 radical (unpaired) electrons. The average Bonchev–Trinajstić information content (AvgIpc) is 3.05. The molecule has 0 aromatic heterocycles. The van der Waals surface area contributed by atoms with Crippen LogP contribution in [0.4, 0.5) is 0 Å². The average molecular weight is 393 g/mol. The normalized spacial score (nSPS) is 20.0. The number of unbranched alkanes of at least 4 members (excludes halogenated alkanes) is 10. The van der Waals surface area contributed by atoms with Crippen molar-refractivity contribution in [1.82, 2.24) is 0 Å². The van der Waals surface area contributed by atoms with Gasteiger partial charge in [-0.1, -0.05) is 64.0 Å². The van der Waals surface area contributed by atoms with Crippen molar-refractivity contribution in [3.63, 3.8) is 0 Å². The largest absolute Gasteiger partial charge is 0.477 e.